The van der Waals surface area contributed by atoms with E-state index in [2.05, 4.69) is 4.98 Å². The topological polar surface area (TPSA) is 42.4 Å². The zero-order chi connectivity index (χ0) is 17.3. The maximum atomic E-state index is 13.3. The number of ether oxygens (including phenoxy) is 1. The molecule has 4 rings (SSSR count). The van der Waals surface area contributed by atoms with Gasteiger partial charge in [-0.05, 0) is 36.8 Å². The van der Waals surface area contributed by atoms with Crippen LogP contribution in [0.15, 0.2) is 48.7 Å². The molecule has 1 atom stereocenters. The Morgan fingerprint density at radius 3 is 2.96 bits per heavy atom. The van der Waals surface area contributed by atoms with E-state index < -0.39 is 0 Å². The van der Waals surface area contributed by atoms with Gasteiger partial charge in [-0.2, -0.15) is 0 Å². The summed E-state index contributed by atoms with van der Waals surface area (Å²) in [7, 11) is 0. The molecule has 0 radical (unpaired) electrons. The Kier molecular flexibility index (Phi) is 4.48. The van der Waals surface area contributed by atoms with Crippen LogP contribution in [0.3, 0.4) is 0 Å². The van der Waals surface area contributed by atoms with Crippen molar-refractivity contribution < 1.29 is 13.9 Å². The Morgan fingerprint density at radius 1 is 1.32 bits per heavy atom. The summed E-state index contributed by atoms with van der Waals surface area (Å²) in [6.45, 7) is 1.93. The number of likely N-dealkylation sites (tertiary alicyclic amines) is 1. The lowest BCUT2D eigenvalue weighted by molar-refractivity contribution is 0.0245. The number of hydrogen-bond donors (Lipinski definition) is 0. The number of benzene rings is 1. The van der Waals surface area contributed by atoms with Gasteiger partial charge in [-0.25, -0.2) is 4.39 Å². The minimum absolute atomic E-state index is 0.0939. The Hall–Kier alpha value is -1.92. The molecule has 1 aromatic carbocycles. The van der Waals surface area contributed by atoms with Crippen LogP contribution in [0, 0.1) is 5.82 Å². The molecule has 1 amide bonds. The molecule has 0 N–H and O–H groups in total. The number of amides is 1. The number of rotatable bonds is 4. The smallest absolute Gasteiger partial charge is 0.254 e. The second-order valence-electron chi connectivity index (χ2n) is 6.62. The van der Waals surface area contributed by atoms with Gasteiger partial charge in [-0.3, -0.25) is 9.78 Å². The summed E-state index contributed by atoms with van der Waals surface area (Å²) in [4.78, 5) is 18.5. The van der Waals surface area contributed by atoms with Crippen molar-refractivity contribution in [1.82, 2.24) is 9.88 Å². The number of nitrogens with zero attached hydrogens (tertiary/aromatic N) is 2. The van der Waals surface area contributed by atoms with Crippen LogP contribution in [0.25, 0.3) is 0 Å². The van der Waals surface area contributed by atoms with Gasteiger partial charge < -0.3 is 9.64 Å². The second-order valence-corrected chi connectivity index (χ2v) is 8.11. The van der Waals surface area contributed by atoms with Crippen molar-refractivity contribution in [1.29, 1.82) is 0 Å². The summed E-state index contributed by atoms with van der Waals surface area (Å²) in [5.74, 6) is 0.470. The van der Waals surface area contributed by atoms with E-state index in [0.29, 0.717) is 25.3 Å². The monoisotopic (exact) mass is 358 g/mol. The maximum Gasteiger partial charge on any atom is 0.254 e. The summed E-state index contributed by atoms with van der Waals surface area (Å²) in [6, 6.07) is 11.7. The SMILES string of the molecule is O=C(c1cccc(F)c1)N1CC2(C[C@H](OCc3ccccn3)CS2)C1. The molecule has 130 valence electrons. The van der Waals surface area contributed by atoms with Gasteiger partial charge in [0.25, 0.3) is 5.91 Å². The number of halogens is 1. The maximum absolute atomic E-state index is 13.3. The third kappa shape index (κ3) is 3.55. The van der Waals surface area contributed by atoms with Crippen LogP contribution >= 0.6 is 11.8 Å². The minimum Gasteiger partial charge on any atom is -0.371 e. The highest BCUT2D eigenvalue weighted by molar-refractivity contribution is 8.01. The molecule has 2 aromatic rings. The third-order valence-corrected chi connectivity index (χ3v) is 6.26. The molecule has 4 nitrogen and oxygen atoms in total. The summed E-state index contributed by atoms with van der Waals surface area (Å²) in [5.41, 5.74) is 1.35. The zero-order valence-electron chi connectivity index (χ0n) is 13.7. The number of carbonyl (C=O) groups excluding carboxylic acids is 1. The molecule has 1 aromatic heterocycles. The fourth-order valence-electron chi connectivity index (χ4n) is 3.41. The first kappa shape index (κ1) is 16.5. The van der Waals surface area contributed by atoms with Crippen molar-refractivity contribution >= 4 is 17.7 Å². The van der Waals surface area contributed by atoms with Gasteiger partial charge in [0, 0.05) is 30.6 Å². The molecular weight excluding hydrogens is 339 g/mol. The number of carbonyl (C=O) groups is 1. The van der Waals surface area contributed by atoms with E-state index in [4.69, 9.17) is 4.74 Å². The Labute approximate surface area is 150 Å². The Morgan fingerprint density at radius 2 is 2.20 bits per heavy atom. The van der Waals surface area contributed by atoms with E-state index in [1.165, 1.54) is 12.1 Å². The van der Waals surface area contributed by atoms with Crippen molar-refractivity contribution in [3.05, 3.63) is 65.7 Å². The highest BCUT2D eigenvalue weighted by atomic mass is 32.2. The lowest BCUT2D eigenvalue weighted by atomic mass is 9.92. The molecule has 2 fully saturated rings. The molecule has 3 heterocycles. The third-order valence-electron chi connectivity index (χ3n) is 4.68. The lowest BCUT2D eigenvalue weighted by Crippen LogP contribution is -2.60. The van der Waals surface area contributed by atoms with Gasteiger partial charge in [0.05, 0.1) is 23.2 Å². The van der Waals surface area contributed by atoms with E-state index in [9.17, 15) is 9.18 Å². The van der Waals surface area contributed by atoms with E-state index in [0.717, 1.165) is 17.9 Å². The fraction of sp³-hybridized carbons (Fsp3) is 0.368. The summed E-state index contributed by atoms with van der Waals surface area (Å²) in [5, 5.41) is 0. The Balaban J connectivity index is 1.29. The summed E-state index contributed by atoms with van der Waals surface area (Å²) >= 11 is 1.88. The van der Waals surface area contributed by atoms with Crippen molar-refractivity contribution in [2.45, 2.75) is 23.9 Å². The van der Waals surface area contributed by atoms with Crippen LogP contribution in [0.2, 0.25) is 0 Å². The van der Waals surface area contributed by atoms with E-state index in [1.54, 1.807) is 23.2 Å². The minimum atomic E-state index is -0.376. The lowest BCUT2D eigenvalue weighted by Gasteiger charge is -2.47. The van der Waals surface area contributed by atoms with Gasteiger partial charge in [0.15, 0.2) is 0 Å². The Bertz CT molecular complexity index is 765. The van der Waals surface area contributed by atoms with Crippen LogP contribution in [0.1, 0.15) is 22.5 Å². The first-order valence-electron chi connectivity index (χ1n) is 8.34. The molecule has 2 saturated heterocycles. The first-order valence-corrected chi connectivity index (χ1v) is 9.32. The molecular formula is C19H19FN2O2S. The van der Waals surface area contributed by atoms with E-state index in [-0.39, 0.29) is 22.6 Å². The quantitative estimate of drug-likeness (QED) is 0.842. The van der Waals surface area contributed by atoms with Crippen LogP contribution < -0.4 is 0 Å². The highest BCUT2D eigenvalue weighted by Crippen LogP contribution is 2.46. The molecule has 2 aliphatic heterocycles. The molecule has 1 spiro atoms. The van der Waals surface area contributed by atoms with Crippen molar-refractivity contribution in [3.63, 3.8) is 0 Å². The van der Waals surface area contributed by atoms with Crippen molar-refractivity contribution in [2.24, 2.45) is 0 Å². The zero-order valence-corrected chi connectivity index (χ0v) is 14.5. The average molecular weight is 358 g/mol. The molecule has 25 heavy (non-hydrogen) atoms. The van der Waals surface area contributed by atoms with Gasteiger partial charge in [-0.15, -0.1) is 11.8 Å². The summed E-state index contributed by atoms with van der Waals surface area (Å²) < 4.78 is 19.4. The molecule has 0 unspecified atom stereocenters. The largest absolute Gasteiger partial charge is 0.371 e. The van der Waals surface area contributed by atoms with Gasteiger partial charge in [0.1, 0.15) is 5.82 Å². The number of hydrogen-bond acceptors (Lipinski definition) is 4. The number of thioether (sulfide) groups is 1. The first-order chi connectivity index (χ1) is 12.1. The average Bonchev–Trinajstić information content (AvgIpc) is 3.04. The molecule has 6 heteroatoms. The van der Waals surface area contributed by atoms with E-state index >= 15 is 0 Å². The van der Waals surface area contributed by atoms with Crippen LogP contribution in [-0.4, -0.2) is 45.5 Å². The normalized spacial score (nSPS) is 21.3. The predicted octanol–water partition coefficient (Wildman–Crippen LogP) is 3.14. The van der Waals surface area contributed by atoms with Crippen molar-refractivity contribution in [3.8, 4) is 0 Å². The highest BCUT2D eigenvalue weighted by Gasteiger charge is 2.51. The molecule has 0 saturated carbocycles. The number of pyridine rings is 1. The fourth-order valence-corrected chi connectivity index (χ4v) is 4.97. The predicted molar refractivity (Wildman–Crippen MR) is 94.9 cm³/mol. The molecule has 0 bridgehead atoms. The molecule has 0 aliphatic carbocycles. The van der Waals surface area contributed by atoms with Gasteiger partial charge in [0.2, 0.25) is 0 Å². The standard InChI is InChI=1S/C19H19FN2O2S/c20-15-5-3-4-14(8-15)18(23)22-12-19(13-22)9-17(11-25-19)24-10-16-6-1-2-7-21-16/h1-8,17H,9-13H2/t17-/m0/s1. The van der Waals surface area contributed by atoms with Gasteiger partial charge >= 0.3 is 0 Å². The van der Waals surface area contributed by atoms with Crippen LogP contribution in [0.4, 0.5) is 4.39 Å². The second kappa shape index (κ2) is 6.77. The van der Waals surface area contributed by atoms with Gasteiger partial charge in [-0.1, -0.05) is 12.1 Å². The molecule has 2 aliphatic rings. The van der Waals surface area contributed by atoms with Crippen LogP contribution in [-0.2, 0) is 11.3 Å². The number of aromatic nitrogens is 1. The van der Waals surface area contributed by atoms with Crippen LogP contribution in [0.5, 0.6) is 0 Å². The summed E-state index contributed by atoms with van der Waals surface area (Å²) in [6.07, 6.45) is 2.90. The van der Waals surface area contributed by atoms with E-state index in [1.807, 2.05) is 30.0 Å². The van der Waals surface area contributed by atoms with Crippen molar-refractivity contribution in [2.75, 3.05) is 18.8 Å².